The number of furan rings is 1. The minimum absolute atomic E-state index is 0.0405. The van der Waals surface area contributed by atoms with E-state index < -0.39 is 39.8 Å². The van der Waals surface area contributed by atoms with E-state index in [2.05, 4.69) is 5.32 Å². The van der Waals surface area contributed by atoms with E-state index in [4.69, 9.17) is 9.15 Å². The topological polar surface area (TPSA) is 88.8 Å². The van der Waals surface area contributed by atoms with Crippen LogP contribution in [0.5, 0.6) is 0 Å². The Labute approximate surface area is 212 Å². The average Bonchev–Trinajstić information content (AvgIpc) is 3.16. The number of nitrogens with zero attached hydrogens (tertiary/aromatic N) is 1. The zero-order valence-corrected chi connectivity index (χ0v) is 21.1. The van der Waals surface area contributed by atoms with Gasteiger partial charge < -0.3 is 14.5 Å². The third-order valence-corrected chi connectivity index (χ3v) is 7.59. The molecule has 10 heteroatoms. The van der Waals surface area contributed by atoms with Gasteiger partial charge in [-0.25, -0.2) is 17.2 Å². The molecule has 5 rings (SSSR count). The molecule has 0 fully saturated rings. The van der Waals surface area contributed by atoms with Crippen molar-refractivity contribution in [2.45, 2.75) is 19.1 Å². The van der Waals surface area contributed by atoms with Gasteiger partial charge in [0.25, 0.3) is 5.91 Å². The van der Waals surface area contributed by atoms with Crippen molar-refractivity contribution in [2.24, 2.45) is 0 Å². The van der Waals surface area contributed by atoms with E-state index in [0.29, 0.717) is 27.8 Å². The van der Waals surface area contributed by atoms with Gasteiger partial charge in [-0.05, 0) is 55.0 Å². The molecule has 7 nitrogen and oxygen atoms in total. The summed E-state index contributed by atoms with van der Waals surface area (Å²) in [5.74, 6) is -1.02. The number of fused-ring (bicyclic) bond motifs is 2. The maximum absolute atomic E-state index is 13.5. The molecule has 0 aliphatic carbocycles. The fourth-order valence-electron chi connectivity index (χ4n) is 4.63. The lowest BCUT2D eigenvalue weighted by atomic mass is 10.0. The first-order valence-corrected chi connectivity index (χ1v) is 13.4. The summed E-state index contributed by atoms with van der Waals surface area (Å²) >= 11 is 0. The molecule has 3 aromatic carbocycles. The predicted molar refractivity (Wildman–Crippen MR) is 136 cm³/mol. The number of sulfonamides is 1. The molecule has 2 atom stereocenters. The van der Waals surface area contributed by atoms with Gasteiger partial charge in [-0.3, -0.25) is 9.10 Å². The van der Waals surface area contributed by atoms with Gasteiger partial charge in [0, 0.05) is 29.6 Å². The Morgan fingerprint density at radius 2 is 1.65 bits per heavy atom. The van der Waals surface area contributed by atoms with Gasteiger partial charge in [-0.1, -0.05) is 12.1 Å². The van der Waals surface area contributed by atoms with Gasteiger partial charge in [-0.15, -0.1) is 0 Å². The summed E-state index contributed by atoms with van der Waals surface area (Å²) in [6.07, 6.45) is -0.152. The van der Waals surface area contributed by atoms with Crippen LogP contribution < -0.4 is 9.62 Å². The highest BCUT2D eigenvalue weighted by Crippen LogP contribution is 2.44. The van der Waals surface area contributed by atoms with E-state index in [1.165, 1.54) is 47.8 Å². The molecule has 2 heterocycles. The minimum Gasteiger partial charge on any atom is -0.455 e. The van der Waals surface area contributed by atoms with Crippen molar-refractivity contribution in [1.29, 1.82) is 0 Å². The predicted octanol–water partition coefficient (Wildman–Crippen LogP) is 5.34. The Morgan fingerprint density at radius 3 is 2.24 bits per heavy atom. The summed E-state index contributed by atoms with van der Waals surface area (Å²) < 4.78 is 66.5. The smallest absolute Gasteiger partial charge is 0.255 e. The number of hydrogen-bond donors (Lipinski definition) is 1. The highest BCUT2D eigenvalue weighted by Gasteiger charge is 2.34. The highest BCUT2D eigenvalue weighted by atomic mass is 32.2. The summed E-state index contributed by atoms with van der Waals surface area (Å²) in [5, 5.41) is 3.07. The normalized spacial score (nSPS) is 17.9. The number of rotatable bonds is 4. The molecule has 192 valence electrons. The Bertz CT molecular complexity index is 1600. The van der Waals surface area contributed by atoms with Crippen LogP contribution in [-0.2, 0) is 14.8 Å². The first-order valence-electron chi connectivity index (χ1n) is 11.5. The van der Waals surface area contributed by atoms with E-state index in [1.807, 2.05) is 0 Å². The van der Waals surface area contributed by atoms with Crippen molar-refractivity contribution in [1.82, 2.24) is 5.32 Å². The zero-order valence-electron chi connectivity index (χ0n) is 20.3. The number of carbonyl (C=O) groups is 1. The Hall–Kier alpha value is -3.76. The van der Waals surface area contributed by atoms with Crippen LogP contribution in [0.4, 0.5) is 14.5 Å². The number of benzene rings is 3. The first-order chi connectivity index (χ1) is 17.6. The van der Waals surface area contributed by atoms with Crippen LogP contribution in [-0.4, -0.2) is 34.2 Å². The van der Waals surface area contributed by atoms with Crippen LogP contribution in [0.15, 0.2) is 65.1 Å². The summed E-state index contributed by atoms with van der Waals surface area (Å²) in [5.41, 5.74) is 2.55. The van der Waals surface area contributed by atoms with E-state index >= 15 is 0 Å². The second kappa shape index (κ2) is 9.28. The lowest BCUT2D eigenvalue weighted by molar-refractivity contribution is 0.00529. The summed E-state index contributed by atoms with van der Waals surface area (Å²) in [6, 6.07) is 14.5. The number of halogens is 2. The number of carbonyl (C=O) groups excluding carboxylic acids is 1. The maximum Gasteiger partial charge on any atom is 0.255 e. The van der Waals surface area contributed by atoms with Crippen molar-refractivity contribution in [3.8, 4) is 11.3 Å². The van der Waals surface area contributed by atoms with Crippen LogP contribution in [0, 0.1) is 11.6 Å². The third-order valence-electron chi connectivity index (χ3n) is 6.45. The standard InChI is InChI=1S/C27H24F2N2O5S/c1-15-20-12-21-23(36-26(25(21)27(32)30-2)17-6-10-19(29)11-7-17)13-22(20)31(37(3,33)34)14-24(35-15)16-4-8-18(28)9-5-16/h4-13,15,24H,14H2,1-3H3,(H,30,32)/t15?,24-/m1/s1. The maximum atomic E-state index is 13.5. The highest BCUT2D eigenvalue weighted by molar-refractivity contribution is 7.92. The lowest BCUT2D eigenvalue weighted by Crippen LogP contribution is -2.33. The molecule has 1 N–H and O–H groups in total. The number of amides is 1. The number of ether oxygens (including phenoxy) is 1. The second-order valence-electron chi connectivity index (χ2n) is 8.91. The van der Waals surface area contributed by atoms with E-state index in [0.717, 1.165) is 6.26 Å². The first kappa shape index (κ1) is 24.9. The van der Waals surface area contributed by atoms with E-state index in [1.54, 1.807) is 31.2 Å². The lowest BCUT2D eigenvalue weighted by Gasteiger charge is -2.25. The number of anilines is 1. The Balaban J connectivity index is 1.71. The van der Waals surface area contributed by atoms with E-state index in [-0.39, 0.29) is 23.5 Å². The SMILES string of the molecule is CNC(=O)c1c(-c2ccc(F)cc2)oc2cc3c(cc12)C(C)O[C@@H](c1ccc(F)cc1)CN3S(C)(=O)=O. The van der Waals surface area contributed by atoms with Gasteiger partial charge in [0.05, 0.1) is 30.2 Å². The Morgan fingerprint density at radius 1 is 1.03 bits per heavy atom. The summed E-state index contributed by atoms with van der Waals surface area (Å²) in [4.78, 5) is 12.9. The van der Waals surface area contributed by atoms with Crippen molar-refractivity contribution in [3.05, 3.63) is 89.0 Å². The molecule has 1 aliphatic heterocycles. The number of nitrogens with one attached hydrogen (secondary N) is 1. The van der Waals surface area contributed by atoms with Crippen LogP contribution in [0.2, 0.25) is 0 Å². The third kappa shape index (κ3) is 4.58. The van der Waals surface area contributed by atoms with Crippen LogP contribution >= 0.6 is 0 Å². The summed E-state index contributed by atoms with van der Waals surface area (Å²) in [7, 11) is -2.28. The van der Waals surface area contributed by atoms with Crippen LogP contribution in [0.25, 0.3) is 22.3 Å². The molecule has 37 heavy (non-hydrogen) atoms. The molecule has 1 aromatic heterocycles. The number of hydrogen-bond acceptors (Lipinski definition) is 5. The van der Waals surface area contributed by atoms with Gasteiger partial charge in [0.2, 0.25) is 10.0 Å². The summed E-state index contributed by atoms with van der Waals surface area (Å²) in [6.45, 7) is 1.74. The fourth-order valence-corrected chi connectivity index (χ4v) is 5.55. The molecular weight excluding hydrogens is 502 g/mol. The fraction of sp³-hybridized carbons (Fsp3) is 0.222. The zero-order chi connectivity index (χ0) is 26.5. The van der Waals surface area contributed by atoms with Gasteiger partial charge in [0.15, 0.2) is 0 Å². The largest absolute Gasteiger partial charge is 0.455 e. The van der Waals surface area contributed by atoms with Crippen LogP contribution in [0.3, 0.4) is 0 Å². The molecular formula is C27H24F2N2O5S. The van der Waals surface area contributed by atoms with Crippen LogP contribution in [0.1, 0.15) is 40.6 Å². The van der Waals surface area contributed by atoms with Crippen molar-refractivity contribution < 1.29 is 31.1 Å². The van der Waals surface area contributed by atoms with Crippen molar-refractivity contribution in [2.75, 3.05) is 24.2 Å². The molecule has 0 radical (unpaired) electrons. The quantitative estimate of drug-likeness (QED) is 0.388. The average molecular weight is 527 g/mol. The van der Waals surface area contributed by atoms with Crippen molar-refractivity contribution in [3.63, 3.8) is 0 Å². The van der Waals surface area contributed by atoms with E-state index in [9.17, 15) is 22.0 Å². The molecule has 1 amide bonds. The second-order valence-corrected chi connectivity index (χ2v) is 10.8. The minimum atomic E-state index is -3.77. The molecule has 0 spiro atoms. The Kier molecular flexibility index (Phi) is 6.25. The monoisotopic (exact) mass is 526 g/mol. The molecule has 0 saturated carbocycles. The molecule has 0 bridgehead atoms. The molecule has 1 unspecified atom stereocenters. The molecule has 1 aliphatic rings. The van der Waals surface area contributed by atoms with Crippen molar-refractivity contribution >= 4 is 32.6 Å². The van der Waals surface area contributed by atoms with Gasteiger partial charge in [0.1, 0.15) is 29.1 Å². The van der Waals surface area contributed by atoms with Gasteiger partial charge in [-0.2, -0.15) is 0 Å². The molecule has 0 saturated heterocycles. The van der Waals surface area contributed by atoms with Gasteiger partial charge >= 0.3 is 0 Å². The molecule has 4 aromatic rings.